The number of aryl methyl sites for hydroxylation is 2. The van der Waals surface area contributed by atoms with E-state index in [9.17, 15) is 31.5 Å². The summed E-state index contributed by atoms with van der Waals surface area (Å²) in [6.45, 7) is 16.3. The number of aliphatic imine (C=N–C) groups is 1. The third kappa shape index (κ3) is 16.4. The Bertz CT molecular complexity index is 1830. The Morgan fingerprint density at radius 2 is 1.69 bits per heavy atom. The molecule has 16 heteroatoms. The Labute approximate surface area is 346 Å². The van der Waals surface area contributed by atoms with Crippen LogP contribution in [-0.4, -0.2) is 73.2 Å². The van der Waals surface area contributed by atoms with Gasteiger partial charge in [0.25, 0.3) is 5.90 Å². The number of anilines is 1. The van der Waals surface area contributed by atoms with Crippen LogP contribution in [0.5, 0.6) is 0 Å². The van der Waals surface area contributed by atoms with Gasteiger partial charge in [-0.1, -0.05) is 64.1 Å². The molecule has 2 aromatic carbocycles. The average Bonchev–Trinajstić information content (AvgIpc) is 3.57. The second-order valence-corrected chi connectivity index (χ2v) is 14.9. The maximum absolute atomic E-state index is 14.3. The minimum Gasteiger partial charge on any atom is -0.478 e. The highest BCUT2D eigenvalue weighted by Gasteiger charge is 2.38. The first-order valence-electron chi connectivity index (χ1n) is 19.7. The van der Waals surface area contributed by atoms with Gasteiger partial charge in [0.15, 0.2) is 0 Å². The van der Waals surface area contributed by atoms with Crippen LogP contribution in [0.3, 0.4) is 0 Å². The molecule has 3 aromatic rings. The van der Waals surface area contributed by atoms with E-state index >= 15 is 0 Å². The van der Waals surface area contributed by atoms with Crippen LogP contribution in [0, 0.1) is 12.8 Å². The summed E-state index contributed by atoms with van der Waals surface area (Å²) in [6, 6.07) is 10.7. The molecule has 1 aliphatic carbocycles. The number of carbonyl (C=O) groups excluding carboxylic acids is 2. The third-order valence-corrected chi connectivity index (χ3v) is 9.02. The number of hydrogen-bond donors (Lipinski definition) is 1. The van der Waals surface area contributed by atoms with Gasteiger partial charge in [-0.25, -0.2) is 18.6 Å². The second-order valence-electron chi connectivity index (χ2n) is 14.9. The van der Waals surface area contributed by atoms with E-state index < -0.39 is 41.6 Å². The van der Waals surface area contributed by atoms with E-state index in [0.29, 0.717) is 59.5 Å². The van der Waals surface area contributed by atoms with Crippen molar-refractivity contribution in [2.75, 3.05) is 26.2 Å². The highest BCUT2D eigenvalue weighted by molar-refractivity contribution is 5.99. The normalized spacial score (nSPS) is 15.9. The van der Waals surface area contributed by atoms with Crippen molar-refractivity contribution in [2.24, 2.45) is 10.9 Å². The van der Waals surface area contributed by atoms with Crippen LogP contribution < -0.4 is 10.2 Å². The monoisotopic (exact) mass is 839 g/mol. The molecule has 1 fully saturated rings. The van der Waals surface area contributed by atoms with Crippen molar-refractivity contribution in [3.63, 3.8) is 0 Å². The number of ether oxygens (including phenoxy) is 3. The summed E-state index contributed by atoms with van der Waals surface area (Å²) in [6.07, 6.45) is -2.80. The molecule has 0 radical (unpaired) electrons. The van der Waals surface area contributed by atoms with Crippen LogP contribution in [0.25, 0.3) is 17.2 Å². The molecule has 0 aliphatic heterocycles. The van der Waals surface area contributed by atoms with Crippen molar-refractivity contribution in [3.8, 4) is 11.5 Å². The fraction of sp³-hybridized carbons (Fsp3) is 0.558. The molecule has 1 N–H and O–H groups in total. The zero-order chi connectivity index (χ0) is 44.6. The number of aromatic nitrogens is 2. The molecule has 0 bridgehead atoms. The lowest BCUT2D eigenvalue weighted by molar-refractivity contribution is -0.120. The van der Waals surface area contributed by atoms with Gasteiger partial charge >= 0.3 is 12.3 Å². The first-order chi connectivity index (χ1) is 27.7. The van der Waals surface area contributed by atoms with Crippen molar-refractivity contribution in [1.29, 1.82) is 0 Å². The van der Waals surface area contributed by atoms with Gasteiger partial charge in [-0.2, -0.15) is 13.2 Å². The number of alkyl halides is 5. The number of benzene rings is 2. The zero-order valence-corrected chi connectivity index (χ0v) is 35.9. The number of hydrogen-bond acceptors (Lipinski definition) is 9. The van der Waals surface area contributed by atoms with Crippen LogP contribution in [0.15, 0.2) is 58.5 Å². The predicted octanol–water partition coefficient (Wildman–Crippen LogP) is 11.1. The van der Waals surface area contributed by atoms with Gasteiger partial charge < -0.3 is 28.8 Å². The number of amides is 2. The van der Waals surface area contributed by atoms with Crippen LogP contribution in [0.4, 0.5) is 32.4 Å². The van der Waals surface area contributed by atoms with E-state index in [-0.39, 0.29) is 44.7 Å². The number of nitrogens with zero attached hydrogens (tertiary/aromatic N) is 4. The van der Waals surface area contributed by atoms with Crippen LogP contribution in [-0.2, 0) is 32.0 Å². The quantitative estimate of drug-likeness (QED) is 0.0826. The van der Waals surface area contributed by atoms with Gasteiger partial charge in [0.2, 0.25) is 23.6 Å². The van der Waals surface area contributed by atoms with Crippen molar-refractivity contribution >= 4 is 29.3 Å². The number of carbonyl (C=O) groups is 2. The van der Waals surface area contributed by atoms with Crippen molar-refractivity contribution in [1.82, 2.24) is 15.5 Å². The van der Waals surface area contributed by atoms with Crippen molar-refractivity contribution < 1.29 is 51.6 Å². The van der Waals surface area contributed by atoms with Gasteiger partial charge in [-0.15, -0.1) is 10.2 Å². The molecule has 2 amide bonds. The fourth-order valence-electron chi connectivity index (χ4n) is 6.11. The molecule has 0 spiro atoms. The minimum atomic E-state index is -4.80. The Kier molecular flexibility index (Phi) is 19.7. The summed E-state index contributed by atoms with van der Waals surface area (Å²) in [5, 5.41) is 11.1. The molecule has 59 heavy (non-hydrogen) atoms. The van der Waals surface area contributed by atoms with Crippen LogP contribution >= 0.6 is 0 Å². The second kappa shape index (κ2) is 23.1. The molecule has 1 aromatic heterocycles. The van der Waals surface area contributed by atoms with Crippen molar-refractivity contribution in [3.05, 3.63) is 71.6 Å². The highest BCUT2D eigenvalue weighted by Crippen LogP contribution is 2.36. The summed E-state index contributed by atoms with van der Waals surface area (Å²) in [5.41, 5.74) is 1.66. The van der Waals surface area contributed by atoms with Gasteiger partial charge in [-0.05, 0) is 88.1 Å². The zero-order valence-electron chi connectivity index (χ0n) is 35.9. The van der Waals surface area contributed by atoms with E-state index in [4.69, 9.17) is 9.15 Å². The molecular formula is C43H62F5N5O6. The lowest BCUT2D eigenvalue weighted by Crippen LogP contribution is -2.49. The van der Waals surface area contributed by atoms with Crippen LogP contribution in [0.1, 0.15) is 110 Å². The number of nitrogens with one attached hydrogen (secondary N) is 1. The molecule has 1 aliphatic rings. The van der Waals surface area contributed by atoms with Gasteiger partial charge in [0.05, 0.1) is 19.4 Å². The summed E-state index contributed by atoms with van der Waals surface area (Å²) < 4.78 is 87.4. The topological polar surface area (TPSA) is 128 Å². The highest BCUT2D eigenvalue weighted by atomic mass is 19.4. The molecule has 330 valence electrons. The average molecular weight is 840 g/mol. The van der Waals surface area contributed by atoms with E-state index in [2.05, 4.69) is 36.6 Å². The minimum absolute atomic E-state index is 0. The Morgan fingerprint density at radius 3 is 2.27 bits per heavy atom. The molecule has 1 unspecified atom stereocenters. The first-order valence-corrected chi connectivity index (χ1v) is 19.7. The van der Waals surface area contributed by atoms with Gasteiger partial charge in [-0.3, -0.25) is 4.79 Å². The smallest absolute Gasteiger partial charge is 0.468 e. The Morgan fingerprint density at radius 1 is 1.05 bits per heavy atom. The number of alkyl carbamates (subject to hydrolysis) is 1. The van der Waals surface area contributed by atoms with E-state index in [0.717, 1.165) is 13.5 Å². The summed E-state index contributed by atoms with van der Waals surface area (Å²) in [4.78, 5) is 32.1. The Hall–Kier alpha value is -4.86. The molecular weight excluding hydrogens is 777 g/mol. The molecule has 11 nitrogen and oxygen atoms in total. The molecule has 1 saturated carbocycles. The molecule has 0 saturated heterocycles. The lowest BCUT2D eigenvalue weighted by Gasteiger charge is -2.30. The molecule has 1 heterocycles. The Balaban J connectivity index is 0.00000287. The number of rotatable bonds is 12. The standard InChI is InChI=1S/C39H48F5N5O5.C2H6O.C2H6.H2/c1-8-30(46-36(51)54-37(4,5)6)34(50)49(23-27-12-16-28(17-13-27)25(3)45-35(52-7)39(42,43)44)31-22-29(15-11-24(31)2)33-48-47-32(53-33)18-14-26-10-9-20-38(40,41)21-19-26;1-3-2;1-2;/h11-13,15-17,22,26,30H,3,8-10,14,18-21,23H2,1-2,4-7H3,(H,46,51);1-2H3;1-2H3;1H/t26?,30-;;;/m0.../s1. The SMILES string of the molecule is C=C(N=C(OC)C(F)(F)F)c1ccc(CN(C(=O)[C@H](CC)NC(=O)OC(C)(C)C)c2cc(-c3nnc(CCC4CCCC(F)(F)CC4)o3)ccc2C)cc1.CC.COC.[HH]. The number of methoxy groups -OCH3 is 2. The van der Waals surface area contributed by atoms with E-state index in [1.165, 1.54) is 17.0 Å². The molecule has 2 atom stereocenters. The fourth-order valence-corrected chi connectivity index (χ4v) is 6.11. The third-order valence-electron chi connectivity index (χ3n) is 9.02. The van der Waals surface area contributed by atoms with Gasteiger partial charge in [0, 0.05) is 46.2 Å². The summed E-state index contributed by atoms with van der Waals surface area (Å²) >= 11 is 0. The largest absolute Gasteiger partial charge is 0.478 e. The van der Waals surface area contributed by atoms with E-state index in [1.807, 2.05) is 20.8 Å². The molecule has 4 rings (SSSR count). The summed E-state index contributed by atoms with van der Waals surface area (Å²) in [7, 11) is 4.12. The van der Waals surface area contributed by atoms with E-state index in [1.54, 1.807) is 72.2 Å². The first kappa shape index (κ1) is 50.3. The number of halogens is 5. The predicted molar refractivity (Wildman–Crippen MR) is 221 cm³/mol. The maximum Gasteiger partial charge on any atom is 0.468 e. The van der Waals surface area contributed by atoms with Gasteiger partial charge in [0.1, 0.15) is 11.6 Å². The van der Waals surface area contributed by atoms with Crippen LogP contribution in [0.2, 0.25) is 0 Å². The lowest BCUT2D eigenvalue weighted by atomic mass is 9.95. The van der Waals surface area contributed by atoms with Crippen molar-refractivity contribution in [2.45, 2.75) is 130 Å². The maximum atomic E-state index is 14.3. The summed E-state index contributed by atoms with van der Waals surface area (Å²) in [5.74, 6) is -3.77.